The lowest BCUT2D eigenvalue weighted by atomic mass is 10.0. The summed E-state index contributed by atoms with van der Waals surface area (Å²) in [5.74, 6) is 0.168. The predicted octanol–water partition coefficient (Wildman–Crippen LogP) is 2.84. The van der Waals surface area contributed by atoms with Gasteiger partial charge in [-0.05, 0) is 18.2 Å². The average molecular weight is 252 g/mol. The Kier molecular flexibility index (Phi) is 3.98. The van der Waals surface area contributed by atoms with E-state index in [-0.39, 0.29) is 17.1 Å². The van der Waals surface area contributed by atoms with Crippen LogP contribution >= 0.6 is 0 Å². The van der Waals surface area contributed by atoms with Gasteiger partial charge in [0.2, 0.25) is 6.29 Å². The predicted molar refractivity (Wildman–Crippen MR) is 73.3 cm³/mol. The SMILES string of the molecule is O=[C]C([CH]c1ccccc1O)=Cc1ccccc1O. The molecule has 0 spiro atoms. The number of carbonyl (C=O) groups excluding carboxylic acids is 1. The number of rotatable bonds is 4. The molecule has 0 atom stereocenters. The number of benzene rings is 2. The van der Waals surface area contributed by atoms with Crippen molar-refractivity contribution in [3.8, 4) is 11.5 Å². The minimum absolute atomic E-state index is 0.0842. The van der Waals surface area contributed by atoms with Gasteiger partial charge in [-0.3, -0.25) is 4.79 Å². The topological polar surface area (TPSA) is 57.5 Å². The van der Waals surface area contributed by atoms with Crippen LogP contribution in [0.15, 0.2) is 54.1 Å². The fraction of sp³-hybridized carbons (Fsp3) is 0. The molecular formula is C16H12O3. The highest BCUT2D eigenvalue weighted by molar-refractivity contribution is 5.87. The van der Waals surface area contributed by atoms with Crippen LogP contribution in [0.1, 0.15) is 11.1 Å². The summed E-state index contributed by atoms with van der Waals surface area (Å²) in [6, 6.07) is 13.4. The molecule has 0 aromatic heterocycles. The summed E-state index contributed by atoms with van der Waals surface area (Å²) in [5.41, 5.74) is 1.28. The normalized spacial score (nSPS) is 11.3. The van der Waals surface area contributed by atoms with Crippen LogP contribution in [0.5, 0.6) is 11.5 Å². The molecule has 0 aliphatic heterocycles. The van der Waals surface area contributed by atoms with Gasteiger partial charge in [0.05, 0.1) is 0 Å². The first-order valence-corrected chi connectivity index (χ1v) is 5.71. The molecule has 0 aliphatic rings. The molecule has 0 heterocycles. The third-order valence-electron chi connectivity index (χ3n) is 2.61. The van der Waals surface area contributed by atoms with Gasteiger partial charge in [0, 0.05) is 23.1 Å². The van der Waals surface area contributed by atoms with Crippen LogP contribution < -0.4 is 0 Å². The maximum absolute atomic E-state index is 10.9. The molecule has 2 radical (unpaired) electrons. The largest absolute Gasteiger partial charge is 0.508 e. The lowest BCUT2D eigenvalue weighted by Gasteiger charge is -2.04. The molecule has 19 heavy (non-hydrogen) atoms. The van der Waals surface area contributed by atoms with Crippen molar-refractivity contribution in [2.24, 2.45) is 0 Å². The van der Waals surface area contributed by atoms with Crippen LogP contribution in [-0.4, -0.2) is 16.5 Å². The van der Waals surface area contributed by atoms with Crippen molar-refractivity contribution >= 4 is 12.4 Å². The Morgan fingerprint density at radius 3 is 1.95 bits per heavy atom. The number of hydrogen-bond acceptors (Lipinski definition) is 3. The molecule has 2 aromatic rings. The average Bonchev–Trinajstić information content (AvgIpc) is 2.42. The number of allylic oxidation sites excluding steroid dienone is 1. The molecule has 0 fully saturated rings. The molecule has 2 N–H and O–H groups in total. The summed E-state index contributed by atoms with van der Waals surface area (Å²) < 4.78 is 0. The van der Waals surface area contributed by atoms with E-state index in [0.717, 1.165) is 0 Å². The Morgan fingerprint density at radius 1 is 0.895 bits per heavy atom. The van der Waals surface area contributed by atoms with Gasteiger partial charge in [-0.15, -0.1) is 0 Å². The van der Waals surface area contributed by atoms with Crippen molar-refractivity contribution in [1.29, 1.82) is 0 Å². The zero-order valence-electron chi connectivity index (χ0n) is 10.1. The fourth-order valence-electron chi connectivity index (χ4n) is 1.65. The Hall–Kier alpha value is -2.55. The summed E-state index contributed by atoms with van der Waals surface area (Å²) >= 11 is 0. The highest BCUT2D eigenvalue weighted by Gasteiger charge is 2.06. The zero-order valence-corrected chi connectivity index (χ0v) is 10.1. The fourth-order valence-corrected chi connectivity index (χ4v) is 1.65. The summed E-state index contributed by atoms with van der Waals surface area (Å²) in [6.07, 6.45) is 4.80. The van der Waals surface area contributed by atoms with E-state index in [9.17, 15) is 15.0 Å². The van der Waals surface area contributed by atoms with Gasteiger partial charge in [0.15, 0.2) is 0 Å². The Labute approximate surface area is 111 Å². The maximum atomic E-state index is 10.9. The van der Waals surface area contributed by atoms with Crippen LogP contribution in [0.4, 0.5) is 0 Å². The molecular weight excluding hydrogens is 240 g/mol. The first-order chi connectivity index (χ1) is 9.20. The van der Waals surface area contributed by atoms with E-state index in [2.05, 4.69) is 0 Å². The van der Waals surface area contributed by atoms with Gasteiger partial charge in [-0.25, -0.2) is 0 Å². The second-order valence-electron chi connectivity index (χ2n) is 3.96. The van der Waals surface area contributed by atoms with Gasteiger partial charge >= 0.3 is 0 Å². The van der Waals surface area contributed by atoms with E-state index < -0.39 is 0 Å². The molecule has 0 unspecified atom stereocenters. The summed E-state index contributed by atoms with van der Waals surface area (Å²) in [6.45, 7) is 0. The van der Waals surface area contributed by atoms with Crippen molar-refractivity contribution in [1.82, 2.24) is 0 Å². The first-order valence-electron chi connectivity index (χ1n) is 5.71. The van der Waals surface area contributed by atoms with Crippen molar-refractivity contribution in [3.63, 3.8) is 0 Å². The lowest BCUT2D eigenvalue weighted by Crippen LogP contribution is -1.90. The number of phenolic OH excluding ortho intramolecular Hbond substituents is 2. The van der Waals surface area contributed by atoms with Gasteiger partial charge in [0.1, 0.15) is 11.5 Å². The Balaban J connectivity index is 2.29. The van der Waals surface area contributed by atoms with Gasteiger partial charge in [-0.1, -0.05) is 36.4 Å². The van der Waals surface area contributed by atoms with E-state index >= 15 is 0 Å². The number of hydrogen-bond donors (Lipinski definition) is 2. The molecule has 3 heteroatoms. The quantitative estimate of drug-likeness (QED) is 0.823. The number of aromatic hydroxyl groups is 2. The Bertz CT molecular complexity index is 615. The van der Waals surface area contributed by atoms with Crippen molar-refractivity contribution in [2.75, 3.05) is 0 Å². The Morgan fingerprint density at radius 2 is 1.42 bits per heavy atom. The van der Waals surface area contributed by atoms with Crippen molar-refractivity contribution < 1.29 is 15.0 Å². The third-order valence-corrected chi connectivity index (χ3v) is 2.61. The van der Waals surface area contributed by atoms with Gasteiger partial charge < -0.3 is 10.2 Å². The smallest absolute Gasteiger partial charge is 0.229 e. The summed E-state index contributed by atoms with van der Waals surface area (Å²) in [7, 11) is 0. The van der Waals surface area contributed by atoms with Crippen LogP contribution in [0.2, 0.25) is 0 Å². The minimum atomic E-state index is 0.0842. The van der Waals surface area contributed by atoms with Crippen molar-refractivity contribution in [3.05, 3.63) is 71.7 Å². The molecule has 94 valence electrons. The third kappa shape index (κ3) is 3.22. The van der Waals surface area contributed by atoms with Crippen LogP contribution in [0.25, 0.3) is 6.08 Å². The van der Waals surface area contributed by atoms with Gasteiger partial charge in [0.25, 0.3) is 0 Å². The molecule has 0 aliphatic carbocycles. The van der Waals surface area contributed by atoms with E-state index in [0.29, 0.717) is 11.1 Å². The van der Waals surface area contributed by atoms with E-state index in [1.807, 2.05) is 0 Å². The lowest BCUT2D eigenvalue weighted by molar-refractivity contribution is 0.472. The number of para-hydroxylation sites is 2. The number of phenols is 2. The van der Waals surface area contributed by atoms with Gasteiger partial charge in [-0.2, -0.15) is 0 Å². The van der Waals surface area contributed by atoms with Crippen LogP contribution in [0.3, 0.4) is 0 Å². The standard InChI is InChI=1S/C16H12O3/c17-11-12(9-13-5-1-3-7-15(13)18)10-14-6-2-4-8-16(14)19/h1-10,18-19H. The van der Waals surface area contributed by atoms with E-state index in [1.165, 1.54) is 24.6 Å². The van der Waals surface area contributed by atoms with Crippen molar-refractivity contribution in [2.45, 2.75) is 0 Å². The van der Waals surface area contributed by atoms with E-state index in [4.69, 9.17) is 0 Å². The first kappa shape index (κ1) is 12.9. The molecule has 2 rings (SSSR count). The summed E-state index contributed by atoms with van der Waals surface area (Å²) in [4.78, 5) is 10.9. The minimum Gasteiger partial charge on any atom is -0.508 e. The molecule has 0 saturated carbocycles. The molecule has 3 nitrogen and oxygen atoms in total. The van der Waals surface area contributed by atoms with E-state index in [1.54, 1.807) is 42.7 Å². The molecule has 0 bridgehead atoms. The second-order valence-corrected chi connectivity index (χ2v) is 3.96. The summed E-state index contributed by atoms with van der Waals surface area (Å²) in [5, 5.41) is 19.3. The molecule has 2 aromatic carbocycles. The highest BCUT2D eigenvalue weighted by Crippen LogP contribution is 2.24. The van der Waals surface area contributed by atoms with Crippen LogP contribution in [0, 0.1) is 6.42 Å². The van der Waals surface area contributed by atoms with Crippen LogP contribution in [-0.2, 0) is 4.79 Å². The monoisotopic (exact) mass is 252 g/mol. The zero-order chi connectivity index (χ0) is 13.7. The molecule has 0 saturated heterocycles. The maximum Gasteiger partial charge on any atom is 0.229 e. The second kappa shape index (κ2) is 5.87. The molecule has 0 amide bonds. The highest BCUT2D eigenvalue weighted by atomic mass is 16.3.